The van der Waals surface area contributed by atoms with Crippen molar-refractivity contribution in [1.82, 2.24) is 9.80 Å². The van der Waals surface area contributed by atoms with Gasteiger partial charge in [0.2, 0.25) is 0 Å². The molecule has 0 amide bonds. The van der Waals surface area contributed by atoms with Crippen molar-refractivity contribution in [2.45, 2.75) is 31.6 Å². The highest BCUT2D eigenvalue weighted by Crippen LogP contribution is 2.15. The van der Waals surface area contributed by atoms with E-state index in [0.29, 0.717) is 25.8 Å². The van der Waals surface area contributed by atoms with Gasteiger partial charge >= 0.3 is 0 Å². The van der Waals surface area contributed by atoms with Gasteiger partial charge in [-0.1, -0.05) is 12.1 Å². The van der Waals surface area contributed by atoms with Gasteiger partial charge in [0.1, 0.15) is 5.75 Å². The molecule has 2 rings (SSSR count). The summed E-state index contributed by atoms with van der Waals surface area (Å²) in [5.41, 5.74) is 1.06. The van der Waals surface area contributed by atoms with Crippen LogP contribution >= 0.6 is 0 Å². The second-order valence-corrected chi connectivity index (χ2v) is 6.54. The Kier molecular flexibility index (Phi) is 7.30. The Balaban J connectivity index is 1.69. The van der Waals surface area contributed by atoms with E-state index < -0.39 is 6.10 Å². The number of ether oxygens (including phenoxy) is 2. The molecule has 1 saturated heterocycles. The van der Waals surface area contributed by atoms with Crippen LogP contribution in [0.5, 0.6) is 5.75 Å². The first-order valence-electron chi connectivity index (χ1n) is 8.36. The molecule has 0 aromatic heterocycles. The normalized spacial score (nSPS) is 20.7. The van der Waals surface area contributed by atoms with Crippen molar-refractivity contribution in [2.75, 3.05) is 47.4 Å². The van der Waals surface area contributed by atoms with Gasteiger partial charge in [-0.2, -0.15) is 0 Å². The Morgan fingerprint density at radius 2 is 2.22 bits per heavy atom. The summed E-state index contributed by atoms with van der Waals surface area (Å²) in [5, 5.41) is 10.2. The minimum atomic E-state index is -0.443. The van der Waals surface area contributed by atoms with Crippen molar-refractivity contribution in [2.24, 2.45) is 0 Å². The number of rotatable bonds is 8. The molecule has 1 N–H and O–H groups in total. The molecule has 130 valence electrons. The zero-order chi connectivity index (χ0) is 16.7. The van der Waals surface area contributed by atoms with Crippen LogP contribution in [0.2, 0.25) is 0 Å². The molecule has 1 heterocycles. The number of aliphatic hydroxyl groups excluding tert-OH is 1. The van der Waals surface area contributed by atoms with Gasteiger partial charge < -0.3 is 19.5 Å². The zero-order valence-corrected chi connectivity index (χ0v) is 14.6. The van der Waals surface area contributed by atoms with Gasteiger partial charge in [0.15, 0.2) is 0 Å². The maximum Gasteiger partial charge on any atom is 0.119 e. The van der Waals surface area contributed by atoms with E-state index >= 15 is 0 Å². The highest BCUT2D eigenvalue weighted by atomic mass is 16.5. The number of likely N-dealkylation sites (N-methyl/N-ethyl adjacent to an activating group) is 1. The van der Waals surface area contributed by atoms with E-state index in [4.69, 9.17) is 9.47 Å². The average molecular weight is 322 g/mol. The fraction of sp³-hybridized carbons (Fsp3) is 0.667. The molecule has 2 atom stereocenters. The summed E-state index contributed by atoms with van der Waals surface area (Å²) in [6, 6.07) is 8.41. The second-order valence-electron chi connectivity index (χ2n) is 6.54. The number of hydrogen-bond acceptors (Lipinski definition) is 5. The maximum atomic E-state index is 10.2. The molecule has 0 radical (unpaired) electrons. The Labute approximate surface area is 139 Å². The first kappa shape index (κ1) is 18.2. The lowest BCUT2D eigenvalue weighted by molar-refractivity contribution is 0.00100. The lowest BCUT2D eigenvalue weighted by atomic mass is 10.0. The van der Waals surface area contributed by atoms with Gasteiger partial charge in [-0.15, -0.1) is 0 Å². The monoisotopic (exact) mass is 322 g/mol. The van der Waals surface area contributed by atoms with Gasteiger partial charge in [0.05, 0.1) is 26.4 Å². The Hall–Kier alpha value is -1.14. The van der Waals surface area contributed by atoms with Crippen molar-refractivity contribution in [3.8, 4) is 5.75 Å². The number of β-amino-alcohol motifs (C(OH)–C–C–N with tert-alkyl or cyclic N) is 1. The number of nitrogens with zero attached hydrogens (tertiary/aromatic N) is 2. The fourth-order valence-corrected chi connectivity index (χ4v) is 3.04. The van der Waals surface area contributed by atoms with Crippen LogP contribution in [0.4, 0.5) is 0 Å². The summed E-state index contributed by atoms with van der Waals surface area (Å²) in [5.74, 6) is 0.828. The van der Waals surface area contributed by atoms with E-state index in [1.165, 1.54) is 12.8 Å². The molecule has 2 unspecified atom stereocenters. The van der Waals surface area contributed by atoms with Gasteiger partial charge in [-0.25, -0.2) is 0 Å². The number of aliphatic hydroxyl groups is 1. The zero-order valence-electron chi connectivity index (χ0n) is 14.6. The van der Waals surface area contributed by atoms with Crippen molar-refractivity contribution < 1.29 is 14.6 Å². The number of methoxy groups -OCH3 is 1. The molecule has 1 aliphatic heterocycles. The standard InChI is InChI=1S/C18H30N2O3/c1-19(2)16-7-5-9-20(11-16)12-17(21)14-23-13-15-6-4-8-18(10-15)22-3/h4,6,8,10,16-17,21H,5,7,9,11-14H2,1-3H3. The maximum absolute atomic E-state index is 10.2. The Morgan fingerprint density at radius 3 is 2.96 bits per heavy atom. The summed E-state index contributed by atoms with van der Waals surface area (Å²) in [7, 11) is 5.91. The minimum Gasteiger partial charge on any atom is -0.497 e. The molecule has 1 aliphatic rings. The Morgan fingerprint density at radius 1 is 1.39 bits per heavy atom. The van der Waals surface area contributed by atoms with Crippen molar-refractivity contribution >= 4 is 0 Å². The van der Waals surface area contributed by atoms with E-state index in [2.05, 4.69) is 23.9 Å². The number of hydrogen-bond donors (Lipinski definition) is 1. The molecule has 0 bridgehead atoms. The van der Waals surface area contributed by atoms with E-state index in [1.807, 2.05) is 24.3 Å². The van der Waals surface area contributed by atoms with Crippen LogP contribution in [0.15, 0.2) is 24.3 Å². The predicted molar refractivity (Wildman–Crippen MR) is 91.8 cm³/mol. The summed E-state index contributed by atoms with van der Waals surface area (Å²) < 4.78 is 10.9. The third-order valence-corrected chi connectivity index (χ3v) is 4.39. The first-order valence-corrected chi connectivity index (χ1v) is 8.36. The average Bonchev–Trinajstić information content (AvgIpc) is 2.55. The topological polar surface area (TPSA) is 45.2 Å². The van der Waals surface area contributed by atoms with Crippen LogP contribution in [-0.4, -0.2) is 74.5 Å². The summed E-state index contributed by atoms with van der Waals surface area (Å²) >= 11 is 0. The second kappa shape index (κ2) is 9.23. The van der Waals surface area contributed by atoms with E-state index in [0.717, 1.165) is 24.4 Å². The van der Waals surface area contributed by atoms with Crippen LogP contribution in [0.25, 0.3) is 0 Å². The van der Waals surface area contributed by atoms with Gasteiger partial charge in [0.25, 0.3) is 0 Å². The van der Waals surface area contributed by atoms with Crippen molar-refractivity contribution in [1.29, 1.82) is 0 Å². The largest absolute Gasteiger partial charge is 0.497 e. The lowest BCUT2D eigenvalue weighted by Gasteiger charge is -2.36. The van der Waals surface area contributed by atoms with Gasteiger partial charge in [0, 0.05) is 19.1 Å². The summed E-state index contributed by atoms with van der Waals surface area (Å²) in [6.45, 7) is 3.63. The molecule has 1 fully saturated rings. The SMILES string of the molecule is COc1cccc(COCC(O)CN2CCCC(N(C)C)C2)c1. The highest BCUT2D eigenvalue weighted by molar-refractivity contribution is 5.27. The van der Waals surface area contributed by atoms with Crippen molar-refractivity contribution in [3.05, 3.63) is 29.8 Å². The predicted octanol–water partition coefficient (Wildman–Crippen LogP) is 1.60. The van der Waals surface area contributed by atoms with E-state index in [-0.39, 0.29) is 0 Å². The van der Waals surface area contributed by atoms with Crippen LogP contribution < -0.4 is 4.74 Å². The molecule has 5 nitrogen and oxygen atoms in total. The van der Waals surface area contributed by atoms with Crippen LogP contribution in [0.3, 0.4) is 0 Å². The molecule has 5 heteroatoms. The molecular weight excluding hydrogens is 292 g/mol. The third kappa shape index (κ3) is 6.11. The lowest BCUT2D eigenvalue weighted by Crippen LogP contribution is -2.47. The minimum absolute atomic E-state index is 0.361. The molecule has 1 aromatic carbocycles. The fourth-order valence-electron chi connectivity index (χ4n) is 3.04. The van der Waals surface area contributed by atoms with Crippen LogP contribution in [0.1, 0.15) is 18.4 Å². The van der Waals surface area contributed by atoms with Crippen molar-refractivity contribution in [3.63, 3.8) is 0 Å². The molecule has 0 aliphatic carbocycles. The quantitative estimate of drug-likeness (QED) is 0.788. The van der Waals surface area contributed by atoms with Gasteiger partial charge in [-0.05, 0) is 51.2 Å². The number of piperidine rings is 1. The van der Waals surface area contributed by atoms with E-state index in [9.17, 15) is 5.11 Å². The number of benzene rings is 1. The molecule has 23 heavy (non-hydrogen) atoms. The highest BCUT2D eigenvalue weighted by Gasteiger charge is 2.22. The molecule has 0 spiro atoms. The Bertz CT molecular complexity index is 467. The van der Waals surface area contributed by atoms with Gasteiger partial charge in [-0.3, -0.25) is 4.90 Å². The summed E-state index contributed by atoms with van der Waals surface area (Å²) in [6.07, 6.45) is 1.99. The van der Waals surface area contributed by atoms with E-state index in [1.54, 1.807) is 7.11 Å². The van der Waals surface area contributed by atoms with Crippen LogP contribution in [0, 0.1) is 0 Å². The molecule has 0 saturated carbocycles. The first-order chi connectivity index (χ1) is 11.1. The molecule has 1 aromatic rings. The smallest absolute Gasteiger partial charge is 0.119 e. The number of likely N-dealkylation sites (tertiary alicyclic amines) is 1. The summed E-state index contributed by atoms with van der Waals surface area (Å²) in [4.78, 5) is 4.62. The van der Waals surface area contributed by atoms with Crippen LogP contribution in [-0.2, 0) is 11.3 Å². The third-order valence-electron chi connectivity index (χ3n) is 4.39. The molecular formula is C18H30N2O3.